The number of benzene rings is 1. The quantitative estimate of drug-likeness (QED) is 0.828. The minimum Gasteiger partial charge on any atom is -0.398 e. The summed E-state index contributed by atoms with van der Waals surface area (Å²) in [6.45, 7) is 3.23. The SMILES string of the molecule is CC1CC(NCc2ccc(Br)c(N)c2)C1. The van der Waals surface area contributed by atoms with Crippen molar-refractivity contribution in [1.29, 1.82) is 0 Å². The largest absolute Gasteiger partial charge is 0.398 e. The van der Waals surface area contributed by atoms with Crippen molar-refractivity contribution in [3.8, 4) is 0 Å². The summed E-state index contributed by atoms with van der Waals surface area (Å²) in [5.74, 6) is 0.900. The van der Waals surface area contributed by atoms with Crippen molar-refractivity contribution in [1.82, 2.24) is 5.32 Å². The van der Waals surface area contributed by atoms with Crippen LogP contribution in [0.4, 0.5) is 5.69 Å². The first-order valence-corrected chi connectivity index (χ1v) is 6.21. The molecule has 0 heterocycles. The van der Waals surface area contributed by atoms with Crippen LogP contribution < -0.4 is 11.1 Å². The third kappa shape index (κ3) is 2.73. The van der Waals surface area contributed by atoms with Gasteiger partial charge in [-0.15, -0.1) is 0 Å². The molecule has 0 aromatic heterocycles. The molecule has 2 nitrogen and oxygen atoms in total. The number of hydrogen-bond donors (Lipinski definition) is 2. The monoisotopic (exact) mass is 268 g/mol. The first kappa shape index (κ1) is 11.0. The summed E-state index contributed by atoms with van der Waals surface area (Å²) < 4.78 is 0.975. The van der Waals surface area contributed by atoms with Crippen molar-refractivity contribution in [3.05, 3.63) is 28.2 Å². The number of halogens is 1. The first-order valence-electron chi connectivity index (χ1n) is 5.42. The third-order valence-corrected chi connectivity index (χ3v) is 3.75. The van der Waals surface area contributed by atoms with Gasteiger partial charge in [-0.1, -0.05) is 13.0 Å². The summed E-state index contributed by atoms with van der Waals surface area (Å²) >= 11 is 3.40. The molecular formula is C12H17BrN2. The molecule has 3 heteroatoms. The van der Waals surface area contributed by atoms with Crippen molar-refractivity contribution in [2.24, 2.45) is 5.92 Å². The van der Waals surface area contributed by atoms with Gasteiger partial charge in [0.25, 0.3) is 0 Å². The Balaban J connectivity index is 1.86. The van der Waals surface area contributed by atoms with Gasteiger partial charge >= 0.3 is 0 Å². The van der Waals surface area contributed by atoms with Crippen molar-refractivity contribution >= 4 is 21.6 Å². The van der Waals surface area contributed by atoms with Gasteiger partial charge in [0.05, 0.1) is 0 Å². The fourth-order valence-corrected chi connectivity index (χ4v) is 2.28. The minimum absolute atomic E-state index is 0.713. The normalized spacial score (nSPS) is 24.9. The molecule has 0 bridgehead atoms. The Morgan fingerprint density at radius 1 is 1.47 bits per heavy atom. The summed E-state index contributed by atoms with van der Waals surface area (Å²) in [6.07, 6.45) is 2.62. The van der Waals surface area contributed by atoms with E-state index in [1.54, 1.807) is 0 Å². The van der Waals surface area contributed by atoms with Crippen LogP contribution in [0.25, 0.3) is 0 Å². The third-order valence-electron chi connectivity index (χ3n) is 3.03. The molecule has 0 radical (unpaired) electrons. The average Bonchev–Trinajstić information content (AvgIpc) is 2.16. The first-order chi connectivity index (χ1) is 7.15. The van der Waals surface area contributed by atoms with Crippen molar-refractivity contribution in [3.63, 3.8) is 0 Å². The van der Waals surface area contributed by atoms with E-state index in [0.29, 0.717) is 6.04 Å². The molecule has 0 aliphatic heterocycles. The standard InChI is InChI=1S/C12H17BrN2/c1-8-4-10(5-8)15-7-9-2-3-11(13)12(14)6-9/h2-3,6,8,10,15H,4-5,7,14H2,1H3. The van der Waals surface area contributed by atoms with E-state index in [4.69, 9.17) is 5.73 Å². The minimum atomic E-state index is 0.713. The summed E-state index contributed by atoms with van der Waals surface area (Å²) in [6, 6.07) is 6.86. The predicted molar refractivity (Wildman–Crippen MR) is 67.6 cm³/mol. The highest BCUT2D eigenvalue weighted by atomic mass is 79.9. The Bertz CT molecular complexity index is 345. The molecular weight excluding hydrogens is 252 g/mol. The van der Waals surface area contributed by atoms with E-state index in [-0.39, 0.29) is 0 Å². The fourth-order valence-electron chi connectivity index (χ4n) is 2.03. The van der Waals surface area contributed by atoms with E-state index in [1.165, 1.54) is 18.4 Å². The second-order valence-corrected chi connectivity index (χ2v) is 5.36. The average molecular weight is 269 g/mol. The molecule has 15 heavy (non-hydrogen) atoms. The molecule has 0 atom stereocenters. The molecule has 3 N–H and O–H groups in total. The summed E-state index contributed by atoms with van der Waals surface area (Å²) in [5.41, 5.74) is 7.90. The Labute approximate surface area is 99.4 Å². The summed E-state index contributed by atoms with van der Waals surface area (Å²) in [7, 11) is 0. The van der Waals surface area contributed by atoms with E-state index in [9.17, 15) is 0 Å². The van der Waals surface area contributed by atoms with Crippen LogP contribution in [0.5, 0.6) is 0 Å². The van der Waals surface area contributed by atoms with Gasteiger partial charge in [0.15, 0.2) is 0 Å². The van der Waals surface area contributed by atoms with Crippen LogP contribution in [0.15, 0.2) is 22.7 Å². The fraction of sp³-hybridized carbons (Fsp3) is 0.500. The number of hydrogen-bond acceptors (Lipinski definition) is 2. The highest BCUT2D eigenvalue weighted by Crippen LogP contribution is 2.27. The molecule has 0 saturated heterocycles. The highest BCUT2D eigenvalue weighted by Gasteiger charge is 2.24. The Morgan fingerprint density at radius 2 is 2.20 bits per heavy atom. The Kier molecular flexibility index (Phi) is 3.32. The van der Waals surface area contributed by atoms with Crippen LogP contribution in [-0.4, -0.2) is 6.04 Å². The van der Waals surface area contributed by atoms with Gasteiger partial charge in [0.1, 0.15) is 0 Å². The number of nitrogen functional groups attached to an aromatic ring is 1. The summed E-state index contributed by atoms with van der Waals surface area (Å²) in [4.78, 5) is 0. The second-order valence-electron chi connectivity index (χ2n) is 4.51. The smallest absolute Gasteiger partial charge is 0.0461 e. The van der Waals surface area contributed by atoms with Crippen LogP contribution >= 0.6 is 15.9 Å². The van der Waals surface area contributed by atoms with Crippen LogP contribution in [0.1, 0.15) is 25.3 Å². The molecule has 1 aliphatic rings. The zero-order valence-electron chi connectivity index (χ0n) is 8.96. The number of rotatable bonds is 3. The zero-order valence-corrected chi connectivity index (χ0v) is 10.5. The van der Waals surface area contributed by atoms with Gasteiger partial charge in [-0.25, -0.2) is 0 Å². The van der Waals surface area contributed by atoms with Gasteiger partial charge in [0.2, 0.25) is 0 Å². The number of nitrogens with one attached hydrogen (secondary N) is 1. The van der Waals surface area contributed by atoms with Crippen molar-refractivity contribution < 1.29 is 0 Å². The van der Waals surface area contributed by atoms with E-state index in [2.05, 4.69) is 34.2 Å². The lowest BCUT2D eigenvalue weighted by Crippen LogP contribution is -2.39. The predicted octanol–water partition coefficient (Wildman–Crippen LogP) is 2.92. The molecule has 2 rings (SSSR count). The lowest BCUT2D eigenvalue weighted by molar-refractivity contribution is 0.240. The number of nitrogens with two attached hydrogens (primary N) is 1. The van der Waals surface area contributed by atoms with Crippen LogP contribution in [0, 0.1) is 5.92 Å². The molecule has 0 amide bonds. The maximum Gasteiger partial charge on any atom is 0.0461 e. The van der Waals surface area contributed by atoms with E-state index in [1.807, 2.05) is 12.1 Å². The Morgan fingerprint density at radius 3 is 2.80 bits per heavy atom. The molecule has 0 unspecified atom stereocenters. The lowest BCUT2D eigenvalue weighted by atomic mass is 9.82. The molecule has 1 fully saturated rings. The lowest BCUT2D eigenvalue weighted by Gasteiger charge is -2.33. The number of anilines is 1. The molecule has 1 aliphatic carbocycles. The molecule has 1 saturated carbocycles. The van der Waals surface area contributed by atoms with E-state index >= 15 is 0 Å². The molecule has 1 aromatic rings. The van der Waals surface area contributed by atoms with E-state index < -0.39 is 0 Å². The zero-order chi connectivity index (χ0) is 10.8. The maximum atomic E-state index is 5.82. The molecule has 1 aromatic carbocycles. The van der Waals surface area contributed by atoms with E-state index in [0.717, 1.165) is 22.6 Å². The van der Waals surface area contributed by atoms with Crippen molar-refractivity contribution in [2.45, 2.75) is 32.4 Å². The molecule has 0 spiro atoms. The van der Waals surface area contributed by atoms with Gasteiger partial charge in [-0.3, -0.25) is 0 Å². The van der Waals surface area contributed by atoms with Crippen LogP contribution in [0.2, 0.25) is 0 Å². The van der Waals surface area contributed by atoms with Crippen LogP contribution in [-0.2, 0) is 6.54 Å². The molecule has 82 valence electrons. The topological polar surface area (TPSA) is 38.0 Å². The van der Waals surface area contributed by atoms with Gasteiger partial charge < -0.3 is 11.1 Å². The maximum absolute atomic E-state index is 5.82. The van der Waals surface area contributed by atoms with Crippen molar-refractivity contribution in [2.75, 3.05) is 5.73 Å². The summed E-state index contributed by atoms with van der Waals surface area (Å²) in [5, 5.41) is 3.54. The van der Waals surface area contributed by atoms with Gasteiger partial charge in [-0.2, -0.15) is 0 Å². The second kappa shape index (κ2) is 4.54. The highest BCUT2D eigenvalue weighted by molar-refractivity contribution is 9.10. The van der Waals surface area contributed by atoms with Gasteiger partial charge in [0, 0.05) is 22.7 Å². The van der Waals surface area contributed by atoms with Crippen LogP contribution in [0.3, 0.4) is 0 Å². The van der Waals surface area contributed by atoms with Gasteiger partial charge in [-0.05, 0) is 52.4 Å². The Hall–Kier alpha value is -0.540.